The largest absolute Gasteiger partial charge is 0.461 e. The number of aromatic nitrogens is 2. The summed E-state index contributed by atoms with van der Waals surface area (Å²) >= 11 is 0. The number of aryl methyl sites for hydroxylation is 1. The summed E-state index contributed by atoms with van der Waals surface area (Å²) < 4.78 is 10.9. The quantitative estimate of drug-likeness (QED) is 0.907. The molecular weight excluding hydrogens is 308 g/mol. The van der Waals surface area contributed by atoms with Gasteiger partial charge in [-0.2, -0.15) is 0 Å². The molecule has 0 aromatic carbocycles. The molecule has 2 aromatic heterocycles. The molecule has 1 N–H and O–H groups in total. The lowest BCUT2D eigenvalue weighted by Gasteiger charge is -2.23. The number of nitrogens with zero attached hydrogens (tertiary/aromatic N) is 3. The smallest absolute Gasteiger partial charge is 0.273 e. The summed E-state index contributed by atoms with van der Waals surface area (Å²) in [5.74, 6) is 1.92. The van der Waals surface area contributed by atoms with Crippen molar-refractivity contribution < 1.29 is 13.9 Å². The van der Waals surface area contributed by atoms with Gasteiger partial charge in [-0.25, -0.2) is 9.97 Å². The van der Waals surface area contributed by atoms with E-state index in [1.54, 1.807) is 20.2 Å². The molecule has 0 spiro atoms. The van der Waals surface area contributed by atoms with Crippen molar-refractivity contribution in [3.8, 4) is 0 Å². The van der Waals surface area contributed by atoms with Gasteiger partial charge in [-0.1, -0.05) is 0 Å². The fraction of sp³-hybridized carbons (Fsp3) is 0.471. The highest BCUT2D eigenvalue weighted by Crippen LogP contribution is 2.34. The Hall–Kier alpha value is -2.41. The number of anilines is 1. The van der Waals surface area contributed by atoms with Crippen LogP contribution in [0, 0.1) is 6.92 Å². The minimum absolute atomic E-state index is 0.0589. The lowest BCUT2D eigenvalue weighted by molar-refractivity contribution is 0.0709. The van der Waals surface area contributed by atoms with Crippen LogP contribution in [0.25, 0.3) is 0 Å². The Kier molecular flexibility index (Phi) is 4.80. The molecular formula is C17H22N4O3. The Morgan fingerprint density at radius 2 is 2.29 bits per heavy atom. The predicted molar refractivity (Wildman–Crippen MR) is 88.7 cm³/mol. The van der Waals surface area contributed by atoms with E-state index in [2.05, 4.69) is 15.3 Å². The topological polar surface area (TPSA) is 80.5 Å². The van der Waals surface area contributed by atoms with E-state index >= 15 is 0 Å². The zero-order chi connectivity index (χ0) is 17.1. The van der Waals surface area contributed by atoms with Gasteiger partial charge in [0.1, 0.15) is 23.8 Å². The number of likely N-dealkylation sites (tertiary alicyclic amines) is 1. The molecule has 0 radical (unpaired) electrons. The highest BCUT2D eigenvalue weighted by Gasteiger charge is 2.33. The number of hydrogen-bond donors (Lipinski definition) is 1. The van der Waals surface area contributed by atoms with E-state index < -0.39 is 0 Å². The summed E-state index contributed by atoms with van der Waals surface area (Å²) in [7, 11) is 3.37. The Morgan fingerprint density at radius 1 is 1.46 bits per heavy atom. The van der Waals surface area contributed by atoms with Crippen LogP contribution < -0.4 is 5.32 Å². The van der Waals surface area contributed by atoms with Crippen LogP contribution in [0.4, 0.5) is 5.95 Å². The second-order valence-electron chi connectivity index (χ2n) is 5.86. The van der Waals surface area contributed by atoms with Crippen molar-refractivity contribution >= 4 is 11.9 Å². The Balaban J connectivity index is 1.84. The zero-order valence-corrected chi connectivity index (χ0v) is 14.2. The maximum atomic E-state index is 12.9. The van der Waals surface area contributed by atoms with Crippen molar-refractivity contribution in [3.63, 3.8) is 0 Å². The number of methoxy groups -OCH3 is 1. The van der Waals surface area contributed by atoms with E-state index in [4.69, 9.17) is 9.15 Å². The first-order chi connectivity index (χ1) is 11.6. The van der Waals surface area contributed by atoms with E-state index in [0.717, 1.165) is 30.1 Å². The maximum absolute atomic E-state index is 12.9. The molecule has 1 unspecified atom stereocenters. The molecule has 0 aliphatic carbocycles. The van der Waals surface area contributed by atoms with Crippen LogP contribution in [0.5, 0.6) is 0 Å². The molecule has 1 saturated heterocycles. The molecule has 7 heteroatoms. The molecule has 0 bridgehead atoms. The van der Waals surface area contributed by atoms with Crippen LogP contribution in [0.3, 0.4) is 0 Å². The average molecular weight is 330 g/mol. The first-order valence-corrected chi connectivity index (χ1v) is 8.04. The first kappa shape index (κ1) is 16.4. The molecule has 1 atom stereocenters. The third-order valence-corrected chi connectivity index (χ3v) is 4.11. The van der Waals surface area contributed by atoms with Gasteiger partial charge < -0.3 is 19.4 Å². The Bertz CT molecular complexity index is 728. The normalized spacial score (nSPS) is 17.3. The molecule has 7 nitrogen and oxygen atoms in total. The second kappa shape index (κ2) is 7.00. The summed E-state index contributed by atoms with van der Waals surface area (Å²) in [6.45, 7) is 2.98. The first-order valence-electron chi connectivity index (χ1n) is 8.04. The van der Waals surface area contributed by atoms with Crippen LogP contribution in [-0.4, -0.2) is 41.5 Å². The van der Waals surface area contributed by atoms with E-state index in [1.807, 2.05) is 24.0 Å². The van der Waals surface area contributed by atoms with Gasteiger partial charge in [-0.15, -0.1) is 0 Å². The summed E-state index contributed by atoms with van der Waals surface area (Å²) in [4.78, 5) is 23.3. The van der Waals surface area contributed by atoms with Gasteiger partial charge in [-0.3, -0.25) is 4.79 Å². The molecule has 1 amide bonds. The number of rotatable bonds is 5. The molecule has 1 fully saturated rings. The molecule has 3 heterocycles. The van der Waals surface area contributed by atoms with Gasteiger partial charge in [0.15, 0.2) is 0 Å². The third kappa shape index (κ3) is 3.26. The van der Waals surface area contributed by atoms with Gasteiger partial charge in [0.25, 0.3) is 5.91 Å². The molecule has 1 aliphatic rings. The van der Waals surface area contributed by atoms with E-state index in [1.165, 1.54) is 0 Å². The van der Waals surface area contributed by atoms with Gasteiger partial charge in [0.2, 0.25) is 5.95 Å². The van der Waals surface area contributed by atoms with Gasteiger partial charge in [0.05, 0.1) is 6.04 Å². The molecule has 24 heavy (non-hydrogen) atoms. The summed E-state index contributed by atoms with van der Waals surface area (Å²) in [6.07, 6.45) is 1.83. The van der Waals surface area contributed by atoms with Gasteiger partial charge >= 0.3 is 0 Å². The zero-order valence-electron chi connectivity index (χ0n) is 14.2. The number of nitrogens with one attached hydrogen (secondary N) is 1. The van der Waals surface area contributed by atoms with Crippen LogP contribution in [0.1, 0.15) is 46.6 Å². The van der Waals surface area contributed by atoms with Gasteiger partial charge in [0, 0.05) is 26.4 Å². The Labute approximate surface area is 141 Å². The fourth-order valence-electron chi connectivity index (χ4n) is 3.04. The lowest BCUT2D eigenvalue weighted by atomic mass is 10.1. The van der Waals surface area contributed by atoms with Crippen LogP contribution in [0.2, 0.25) is 0 Å². The minimum atomic E-state index is -0.0933. The van der Waals surface area contributed by atoms with Crippen LogP contribution in [-0.2, 0) is 11.3 Å². The number of carbonyl (C=O) groups excluding carboxylic acids is 1. The van der Waals surface area contributed by atoms with E-state index in [-0.39, 0.29) is 11.9 Å². The van der Waals surface area contributed by atoms with Crippen molar-refractivity contribution in [1.29, 1.82) is 0 Å². The van der Waals surface area contributed by atoms with Crippen molar-refractivity contribution in [1.82, 2.24) is 14.9 Å². The summed E-state index contributed by atoms with van der Waals surface area (Å²) in [5, 5.41) is 2.89. The van der Waals surface area contributed by atoms with E-state index in [0.29, 0.717) is 24.8 Å². The molecule has 128 valence electrons. The maximum Gasteiger partial charge on any atom is 0.273 e. The lowest BCUT2D eigenvalue weighted by Crippen LogP contribution is -2.31. The monoisotopic (exact) mass is 330 g/mol. The van der Waals surface area contributed by atoms with Crippen molar-refractivity contribution in [2.45, 2.75) is 32.4 Å². The van der Waals surface area contributed by atoms with Crippen molar-refractivity contribution in [2.24, 2.45) is 0 Å². The summed E-state index contributed by atoms with van der Waals surface area (Å²) in [5.41, 5.74) is 1.16. The summed E-state index contributed by atoms with van der Waals surface area (Å²) in [6, 6.07) is 5.48. The van der Waals surface area contributed by atoms with Gasteiger partial charge in [-0.05, 0) is 38.0 Å². The molecule has 2 aromatic rings. The van der Waals surface area contributed by atoms with Crippen LogP contribution in [0.15, 0.2) is 22.6 Å². The second-order valence-corrected chi connectivity index (χ2v) is 5.86. The van der Waals surface area contributed by atoms with Crippen molar-refractivity contribution in [2.75, 3.05) is 26.0 Å². The highest BCUT2D eigenvalue weighted by molar-refractivity contribution is 5.93. The molecule has 1 aliphatic heterocycles. The van der Waals surface area contributed by atoms with E-state index in [9.17, 15) is 4.79 Å². The fourth-order valence-corrected chi connectivity index (χ4v) is 3.04. The number of carbonyl (C=O) groups is 1. The predicted octanol–water partition coefficient (Wildman–Crippen LogP) is 2.54. The Morgan fingerprint density at radius 3 is 3.04 bits per heavy atom. The van der Waals surface area contributed by atoms with Crippen molar-refractivity contribution in [3.05, 3.63) is 41.1 Å². The SMILES string of the molecule is CNc1nc(C)cc(C(=O)N2CCCC2c2ccc(COC)o2)n1. The molecule has 3 rings (SSSR count). The highest BCUT2D eigenvalue weighted by atomic mass is 16.5. The number of amides is 1. The minimum Gasteiger partial charge on any atom is -0.461 e. The molecule has 0 saturated carbocycles. The third-order valence-electron chi connectivity index (χ3n) is 4.11. The number of hydrogen-bond acceptors (Lipinski definition) is 6. The average Bonchev–Trinajstić information content (AvgIpc) is 3.22. The van der Waals surface area contributed by atoms with Crippen LogP contribution >= 0.6 is 0 Å². The standard InChI is InChI=1S/C17H22N4O3/c1-11-9-13(20-17(18-2)19-11)16(22)21-8-4-5-14(21)15-7-6-12(24-15)10-23-3/h6-7,9,14H,4-5,8,10H2,1-3H3,(H,18,19,20). The number of furan rings is 1. The number of ether oxygens (including phenoxy) is 1.